The third kappa shape index (κ3) is 4.56. The zero-order chi connectivity index (χ0) is 19.3. The van der Waals surface area contributed by atoms with Gasteiger partial charge in [0.1, 0.15) is 10.5 Å². The average Bonchev–Trinajstić information content (AvgIpc) is 3.16. The molecule has 1 aliphatic rings. The summed E-state index contributed by atoms with van der Waals surface area (Å²) in [4.78, 5) is 29.4. The molecule has 1 N–H and O–H groups in total. The lowest BCUT2D eigenvalue weighted by atomic mass is 9.81. The van der Waals surface area contributed by atoms with E-state index in [0.717, 1.165) is 41.9 Å². The molecule has 1 saturated carbocycles. The van der Waals surface area contributed by atoms with Gasteiger partial charge < -0.3 is 10.1 Å². The minimum atomic E-state index is -0.876. The van der Waals surface area contributed by atoms with Crippen LogP contribution in [0.15, 0.2) is 29.6 Å². The minimum absolute atomic E-state index is 0.169. The van der Waals surface area contributed by atoms with Gasteiger partial charge in [-0.05, 0) is 24.8 Å². The number of hydrogen-bond acceptors (Lipinski definition) is 5. The number of carbonyl (C=O) groups excluding carboxylic acids is 2. The van der Waals surface area contributed by atoms with Crippen LogP contribution in [0.2, 0.25) is 0 Å². The van der Waals surface area contributed by atoms with Crippen LogP contribution in [0.1, 0.15) is 50.3 Å². The summed E-state index contributed by atoms with van der Waals surface area (Å²) in [7, 11) is 1.38. The first-order valence-electron chi connectivity index (χ1n) is 9.49. The highest BCUT2D eigenvalue weighted by Crippen LogP contribution is 2.30. The van der Waals surface area contributed by atoms with Crippen molar-refractivity contribution in [2.24, 2.45) is 0 Å². The maximum atomic E-state index is 12.6. The fraction of sp³-hybridized carbons (Fsp3) is 0.476. The second-order valence-corrected chi connectivity index (χ2v) is 7.91. The highest BCUT2D eigenvalue weighted by Gasteiger charge is 2.41. The highest BCUT2D eigenvalue weighted by molar-refractivity contribution is 7.13. The van der Waals surface area contributed by atoms with Crippen LogP contribution in [0.3, 0.4) is 0 Å². The lowest BCUT2D eigenvalue weighted by molar-refractivity contribution is -0.152. The fourth-order valence-corrected chi connectivity index (χ4v) is 4.44. The summed E-state index contributed by atoms with van der Waals surface area (Å²) < 4.78 is 4.96. The number of nitrogens with zero attached hydrogens (tertiary/aromatic N) is 1. The Kier molecular flexibility index (Phi) is 6.26. The Hall–Kier alpha value is -2.21. The quantitative estimate of drug-likeness (QED) is 0.765. The number of aryl methyl sites for hydroxylation is 1. The van der Waals surface area contributed by atoms with E-state index < -0.39 is 5.54 Å². The number of esters is 1. The molecule has 1 amide bonds. The maximum Gasteiger partial charge on any atom is 0.331 e. The van der Waals surface area contributed by atoms with Gasteiger partial charge in [-0.3, -0.25) is 4.79 Å². The second-order valence-electron chi connectivity index (χ2n) is 7.05. The number of hydrogen-bond donors (Lipinski definition) is 1. The van der Waals surface area contributed by atoms with Crippen LogP contribution in [-0.2, 0) is 27.2 Å². The van der Waals surface area contributed by atoms with Crippen LogP contribution in [-0.4, -0.2) is 29.5 Å². The van der Waals surface area contributed by atoms with Crippen LogP contribution >= 0.6 is 11.3 Å². The Morgan fingerprint density at radius 1 is 1.19 bits per heavy atom. The summed E-state index contributed by atoms with van der Waals surface area (Å²) in [6.07, 6.45) is 5.37. The van der Waals surface area contributed by atoms with Crippen molar-refractivity contribution < 1.29 is 14.3 Å². The van der Waals surface area contributed by atoms with Crippen molar-refractivity contribution in [2.45, 2.75) is 57.4 Å². The Morgan fingerprint density at radius 3 is 2.52 bits per heavy atom. The van der Waals surface area contributed by atoms with Gasteiger partial charge >= 0.3 is 5.97 Å². The molecule has 0 saturated heterocycles. The van der Waals surface area contributed by atoms with E-state index in [2.05, 4.69) is 41.5 Å². The molecule has 0 radical (unpaired) electrons. The first kappa shape index (κ1) is 19.5. The number of amides is 1. The molecule has 0 bridgehead atoms. The summed E-state index contributed by atoms with van der Waals surface area (Å²) in [6.45, 7) is 2.13. The van der Waals surface area contributed by atoms with Crippen molar-refractivity contribution in [1.82, 2.24) is 10.3 Å². The number of carbonyl (C=O) groups is 2. The van der Waals surface area contributed by atoms with Crippen molar-refractivity contribution in [1.29, 1.82) is 0 Å². The lowest BCUT2D eigenvalue weighted by Crippen LogP contribution is -2.56. The first-order valence-corrected chi connectivity index (χ1v) is 10.4. The predicted molar refractivity (Wildman–Crippen MR) is 107 cm³/mol. The number of nitrogens with one attached hydrogen (secondary N) is 1. The van der Waals surface area contributed by atoms with Gasteiger partial charge in [0.15, 0.2) is 0 Å². The van der Waals surface area contributed by atoms with E-state index in [1.54, 1.807) is 0 Å². The Balaban J connectivity index is 1.67. The highest BCUT2D eigenvalue weighted by atomic mass is 32.1. The minimum Gasteiger partial charge on any atom is -0.467 e. The number of benzene rings is 1. The van der Waals surface area contributed by atoms with E-state index in [0.29, 0.717) is 12.8 Å². The molecule has 0 atom stereocenters. The van der Waals surface area contributed by atoms with Crippen molar-refractivity contribution in [3.8, 4) is 10.6 Å². The van der Waals surface area contributed by atoms with Gasteiger partial charge in [0.2, 0.25) is 5.91 Å². The summed E-state index contributed by atoms with van der Waals surface area (Å²) in [6, 6.07) is 8.34. The molecule has 3 rings (SSSR count). The molecule has 1 heterocycles. The number of thiazole rings is 1. The zero-order valence-corrected chi connectivity index (χ0v) is 16.7. The van der Waals surface area contributed by atoms with Crippen LogP contribution in [0.25, 0.3) is 10.6 Å². The number of ether oxygens (including phenoxy) is 1. The molecule has 144 valence electrons. The predicted octanol–water partition coefficient (Wildman–Crippen LogP) is 3.91. The maximum absolute atomic E-state index is 12.6. The topological polar surface area (TPSA) is 68.3 Å². The summed E-state index contributed by atoms with van der Waals surface area (Å²) in [5.41, 5.74) is 2.19. The van der Waals surface area contributed by atoms with E-state index >= 15 is 0 Å². The van der Waals surface area contributed by atoms with Gasteiger partial charge in [-0.1, -0.05) is 50.5 Å². The molecule has 1 aromatic heterocycles. The van der Waals surface area contributed by atoms with E-state index in [4.69, 9.17) is 4.74 Å². The van der Waals surface area contributed by atoms with Gasteiger partial charge in [0, 0.05) is 10.9 Å². The second kappa shape index (κ2) is 8.65. The van der Waals surface area contributed by atoms with Crippen LogP contribution in [0, 0.1) is 0 Å². The Morgan fingerprint density at radius 2 is 1.89 bits per heavy atom. The smallest absolute Gasteiger partial charge is 0.331 e. The molecule has 1 aromatic carbocycles. The van der Waals surface area contributed by atoms with Gasteiger partial charge in [-0.25, -0.2) is 9.78 Å². The molecule has 5 nitrogen and oxygen atoms in total. The first-order chi connectivity index (χ1) is 13.1. The standard InChI is InChI=1S/C21H26N2O3S/c1-3-15-7-9-16(10-8-15)19-22-17(14-27-19)13-18(24)23-21(20(25)26-2)11-5-4-6-12-21/h7-10,14H,3-6,11-13H2,1-2H3,(H,23,24). The monoisotopic (exact) mass is 386 g/mol. The zero-order valence-electron chi connectivity index (χ0n) is 15.9. The van der Waals surface area contributed by atoms with Crippen molar-refractivity contribution >= 4 is 23.2 Å². The largest absolute Gasteiger partial charge is 0.467 e. The van der Waals surface area contributed by atoms with Crippen LogP contribution < -0.4 is 5.32 Å². The molecule has 1 fully saturated rings. The fourth-order valence-electron chi connectivity index (χ4n) is 3.61. The molecular formula is C21H26N2O3S. The number of rotatable bonds is 6. The van der Waals surface area contributed by atoms with Gasteiger partial charge in [-0.15, -0.1) is 11.3 Å². The molecule has 6 heteroatoms. The average molecular weight is 387 g/mol. The van der Waals surface area contributed by atoms with Crippen molar-refractivity contribution in [3.63, 3.8) is 0 Å². The lowest BCUT2D eigenvalue weighted by Gasteiger charge is -2.35. The molecule has 1 aliphatic carbocycles. The molecule has 2 aromatic rings. The van der Waals surface area contributed by atoms with Gasteiger partial charge in [-0.2, -0.15) is 0 Å². The molecule has 0 unspecified atom stereocenters. The molecular weight excluding hydrogens is 360 g/mol. The summed E-state index contributed by atoms with van der Waals surface area (Å²) >= 11 is 1.53. The molecule has 27 heavy (non-hydrogen) atoms. The number of methoxy groups -OCH3 is 1. The Labute approximate surface area is 164 Å². The SMILES string of the molecule is CCc1ccc(-c2nc(CC(=O)NC3(C(=O)OC)CCCCC3)cs2)cc1. The van der Waals surface area contributed by atoms with Gasteiger partial charge in [0.25, 0.3) is 0 Å². The van der Waals surface area contributed by atoms with E-state index in [9.17, 15) is 9.59 Å². The van der Waals surface area contributed by atoms with Crippen molar-refractivity contribution in [2.75, 3.05) is 7.11 Å². The van der Waals surface area contributed by atoms with E-state index in [-0.39, 0.29) is 18.3 Å². The summed E-state index contributed by atoms with van der Waals surface area (Å²) in [5, 5.41) is 5.76. The summed E-state index contributed by atoms with van der Waals surface area (Å²) in [5.74, 6) is -0.522. The van der Waals surface area contributed by atoms with E-state index in [1.165, 1.54) is 24.0 Å². The third-order valence-corrected chi connectivity index (χ3v) is 6.10. The van der Waals surface area contributed by atoms with Gasteiger partial charge in [0.05, 0.1) is 19.2 Å². The third-order valence-electron chi connectivity index (χ3n) is 5.16. The number of aromatic nitrogens is 1. The van der Waals surface area contributed by atoms with Crippen LogP contribution in [0.4, 0.5) is 0 Å². The molecule has 0 spiro atoms. The van der Waals surface area contributed by atoms with Crippen LogP contribution in [0.5, 0.6) is 0 Å². The van der Waals surface area contributed by atoms with Crippen molar-refractivity contribution in [3.05, 3.63) is 40.9 Å². The molecule has 0 aliphatic heterocycles. The van der Waals surface area contributed by atoms with E-state index in [1.807, 2.05) is 5.38 Å². The normalized spacial score (nSPS) is 15.9. The Bertz CT molecular complexity index is 792.